The van der Waals surface area contributed by atoms with E-state index >= 15 is 0 Å². The molecule has 8 unspecified atom stereocenters. The second-order valence-electron chi connectivity index (χ2n) is 11.9. The molecule has 9 N–H and O–H groups in total. The predicted octanol–water partition coefficient (Wildman–Crippen LogP) is -1.49. The summed E-state index contributed by atoms with van der Waals surface area (Å²) in [6, 6.07) is 0.681. The third kappa shape index (κ3) is 6.25. The van der Waals surface area contributed by atoms with Crippen LogP contribution >= 0.6 is 23.7 Å². The van der Waals surface area contributed by atoms with Gasteiger partial charge in [0.25, 0.3) is 0 Å². The number of fused-ring (bicyclic) bond motifs is 1. The largest absolute Gasteiger partial charge is 0.474 e. The van der Waals surface area contributed by atoms with E-state index in [9.17, 15) is 9.59 Å². The van der Waals surface area contributed by atoms with E-state index in [-0.39, 0.29) is 47.2 Å². The quantitative estimate of drug-likeness (QED) is 0.194. The Morgan fingerprint density at radius 3 is 2.77 bits per heavy atom. The van der Waals surface area contributed by atoms with Crippen LogP contribution in [0, 0.1) is 5.92 Å². The molecule has 0 aromatic rings. The van der Waals surface area contributed by atoms with Crippen LogP contribution < -0.4 is 32.1 Å². The van der Waals surface area contributed by atoms with Crippen molar-refractivity contribution in [1.82, 2.24) is 25.6 Å². The second kappa shape index (κ2) is 12.4. The van der Waals surface area contributed by atoms with Crippen molar-refractivity contribution in [2.24, 2.45) is 11.7 Å². The third-order valence-electron chi connectivity index (χ3n) is 9.23. The van der Waals surface area contributed by atoms with Crippen molar-refractivity contribution in [3.05, 3.63) is 12.0 Å². The zero-order chi connectivity index (χ0) is 26.9. The number of allylic oxidation sites excluding steroid dienone is 1. The lowest BCUT2D eigenvalue weighted by Gasteiger charge is -2.40. The van der Waals surface area contributed by atoms with E-state index in [2.05, 4.69) is 31.3 Å². The first kappa shape index (κ1) is 28.1. The lowest BCUT2D eigenvalue weighted by molar-refractivity contribution is -0.431. The van der Waals surface area contributed by atoms with Crippen molar-refractivity contribution in [1.29, 1.82) is 0 Å². The number of carbonyl (C=O) groups excluding carboxylic acids is 2. The van der Waals surface area contributed by atoms with E-state index < -0.39 is 6.04 Å². The van der Waals surface area contributed by atoms with Gasteiger partial charge in [-0.1, -0.05) is 18.4 Å². The maximum Gasteiger partial charge on any atom is 0.236 e. The molecule has 10 atom stereocenters. The Balaban J connectivity index is 1.06. The standard InChI is InChI=1S/C26H43N7O4S2/c27-16-3-1-2-4-17(16)30-14-9-18(23(26(28)35)29-12-14)31-21-11-20(39-32-21)15-13-38-25-19(34)10-22(37-24(15)25)33-5-7-36-8-6-33/h10,14-18,20-21,23-25,29-32H,1-9,11-13,27H2,(H2,28,35)/p+1/t14?,15?,16-,17+,18?,20?,21?,23?,24?,25?/m1/s1. The first-order valence-electron chi connectivity index (χ1n) is 14.6. The van der Waals surface area contributed by atoms with Gasteiger partial charge in [-0.3, -0.25) is 14.9 Å². The Kier molecular flexibility index (Phi) is 8.95. The number of rotatable bonds is 7. The number of hydrogen-bond donors (Lipinski definition) is 6. The fourth-order valence-corrected chi connectivity index (χ4v) is 9.92. The van der Waals surface area contributed by atoms with Crippen LogP contribution in [0.15, 0.2) is 12.0 Å². The summed E-state index contributed by atoms with van der Waals surface area (Å²) in [7, 11) is 0. The molecule has 218 valence electrons. The number of piperidine rings is 1. The van der Waals surface area contributed by atoms with E-state index in [0.717, 1.165) is 38.2 Å². The van der Waals surface area contributed by atoms with Gasteiger partial charge >= 0.3 is 0 Å². The average Bonchev–Trinajstić information content (AvgIpc) is 3.58. The molecule has 1 amide bonds. The van der Waals surface area contributed by atoms with Gasteiger partial charge < -0.3 is 36.5 Å². The van der Waals surface area contributed by atoms with E-state index in [1.165, 1.54) is 25.7 Å². The summed E-state index contributed by atoms with van der Waals surface area (Å²) >= 11 is 3.47. The molecule has 11 nitrogen and oxygen atoms in total. The number of amides is 1. The van der Waals surface area contributed by atoms with Crippen LogP contribution in [-0.4, -0.2) is 108 Å². The van der Waals surface area contributed by atoms with Gasteiger partial charge in [-0.2, -0.15) is 0 Å². The number of ketones is 1. The van der Waals surface area contributed by atoms with Gasteiger partial charge in [0.05, 0.1) is 31.5 Å². The number of nitrogens with two attached hydrogens (primary N) is 1. The highest BCUT2D eigenvalue weighted by Gasteiger charge is 2.50. The molecule has 39 heavy (non-hydrogen) atoms. The Hall–Kier alpha value is -1.06. The van der Waals surface area contributed by atoms with Gasteiger partial charge in [0, 0.05) is 61.1 Å². The molecule has 6 aliphatic rings. The van der Waals surface area contributed by atoms with Crippen LogP contribution in [0.5, 0.6) is 0 Å². The maximum atomic E-state index is 13.0. The minimum atomic E-state index is -0.400. The minimum Gasteiger partial charge on any atom is -0.474 e. The van der Waals surface area contributed by atoms with Crippen LogP contribution in [0.25, 0.3) is 0 Å². The van der Waals surface area contributed by atoms with Gasteiger partial charge in [0.15, 0.2) is 11.7 Å². The molecule has 0 spiro atoms. The number of quaternary nitrogens is 1. The average molecular weight is 583 g/mol. The molecule has 0 aromatic carbocycles. The molecular formula is C26H44N7O4S2+. The van der Waals surface area contributed by atoms with Gasteiger partial charge in [-0.25, -0.2) is 4.72 Å². The highest BCUT2D eigenvalue weighted by atomic mass is 32.2. The minimum absolute atomic E-state index is 0.0558. The molecule has 5 aliphatic heterocycles. The Labute approximate surface area is 239 Å². The summed E-state index contributed by atoms with van der Waals surface area (Å²) < 4.78 is 15.6. The van der Waals surface area contributed by atoms with E-state index in [1.54, 1.807) is 29.8 Å². The van der Waals surface area contributed by atoms with E-state index in [1.807, 2.05) is 0 Å². The van der Waals surface area contributed by atoms with Crippen molar-refractivity contribution < 1.29 is 24.8 Å². The van der Waals surface area contributed by atoms with Crippen LogP contribution in [0.4, 0.5) is 0 Å². The molecule has 0 radical (unpaired) electrons. The summed E-state index contributed by atoms with van der Waals surface area (Å²) in [6.07, 6.45) is 8.23. The van der Waals surface area contributed by atoms with Crippen LogP contribution in [0.3, 0.4) is 0 Å². The number of carbonyl (C=O) groups is 2. The zero-order valence-electron chi connectivity index (χ0n) is 22.5. The molecule has 0 bridgehead atoms. The van der Waals surface area contributed by atoms with Gasteiger partial charge in [-0.15, -0.1) is 11.8 Å². The third-order valence-corrected chi connectivity index (χ3v) is 11.9. The lowest BCUT2D eigenvalue weighted by atomic mass is 9.88. The Bertz CT molecular complexity index is 938. The SMILES string of the molecule is NC(=O)C1NCC(N[C@H]2CCCC[C@H]2[NH3+])CC1NC1CC(C2CSC3C(=O)C=C(N4CCOCC4)OC32)SN1. The number of primary amides is 1. The van der Waals surface area contributed by atoms with Gasteiger partial charge in [0.2, 0.25) is 5.91 Å². The highest BCUT2D eigenvalue weighted by Crippen LogP contribution is 2.45. The van der Waals surface area contributed by atoms with Crippen LogP contribution in [0.1, 0.15) is 38.5 Å². The summed E-state index contributed by atoms with van der Waals surface area (Å²) in [4.78, 5) is 27.4. The molecule has 1 aliphatic carbocycles. The first-order chi connectivity index (χ1) is 19.0. The van der Waals surface area contributed by atoms with Gasteiger partial charge in [-0.05, 0) is 25.7 Å². The van der Waals surface area contributed by atoms with Crippen molar-refractivity contribution in [2.75, 3.05) is 38.6 Å². The number of thioether (sulfide) groups is 1. The molecule has 13 heteroatoms. The number of nitrogens with one attached hydrogen (secondary N) is 4. The highest BCUT2D eigenvalue weighted by molar-refractivity contribution is 8.01. The molecular weight excluding hydrogens is 538 g/mol. The van der Waals surface area contributed by atoms with Crippen LogP contribution in [-0.2, 0) is 19.1 Å². The van der Waals surface area contributed by atoms with Gasteiger partial charge in [0.1, 0.15) is 17.4 Å². The van der Waals surface area contributed by atoms with Crippen molar-refractivity contribution in [3.8, 4) is 0 Å². The second-order valence-corrected chi connectivity index (χ2v) is 14.1. The molecule has 1 saturated carbocycles. The topological polar surface area (TPSA) is 158 Å². The fourth-order valence-electron chi connectivity index (χ4n) is 7.05. The fraction of sp³-hybridized carbons (Fsp3) is 0.846. The summed E-state index contributed by atoms with van der Waals surface area (Å²) in [5.41, 5.74) is 10.2. The number of morpholine rings is 1. The maximum absolute atomic E-state index is 13.0. The smallest absolute Gasteiger partial charge is 0.236 e. The van der Waals surface area contributed by atoms with E-state index in [4.69, 9.17) is 15.2 Å². The normalized spacial score (nSPS) is 43.1. The molecule has 4 saturated heterocycles. The summed E-state index contributed by atoms with van der Waals surface area (Å²) in [5.74, 6) is 1.74. The Morgan fingerprint density at radius 1 is 1.15 bits per heavy atom. The van der Waals surface area contributed by atoms with Crippen molar-refractivity contribution in [2.45, 2.75) is 91.5 Å². The van der Waals surface area contributed by atoms with Crippen LogP contribution in [0.2, 0.25) is 0 Å². The lowest BCUT2D eigenvalue weighted by Crippen LogP contribution is -2.72. The Morgan fingerprint density at radius 2 is 1.97 bits per heavy atom. The monoisotopic (exact) mass is 582 g/mol. The van der Waals surface area contributed by atoms with E-state index in [0.29, 0.717) is 36.4 Å². The molecule has 5 heterocycles. The van der Waals surface area contributed by atoms with Crippen molar-refractivity contribution in [3.63, 3.8) is 0 Å². The molecule has 0 aromatic heterocycles. The molecule has 6 rings (SSSR count). The zero-order valence-corrected chi connectivity index (χ0v) is 24.2. The number of ether oxygens (including phenoxy) is 2. The van der Waals surface area contributed by atoms with Crippen molar-refractivity contribution >= 4 is 35.4 Å². The molecule has 5 fully saturated rings. The number of hydrogen-bond acceptors (Lipinski definition) is 11. The number of nitrogens with zero attached hydrogens (tertiary/aromatic N) is 1. The first-order valence-corrected chi connectivity index (χ1v) is 16.5. The summed E-state index contributed by atoms with van der Waals surface area (Å²) in [5, 5.41) is 11.1. The summed E-state index contributed by atoms with van der Waals surface area (Å²) in [6.45, 7) is 3.56. The predicted molar refractivity (Wildman–Crippen MR) is 151 cm³/mol.